The summed E-state index contributed by atoms with van der Waals surface area (Å²) in [4.78, 5) is 2.62. The molecule has 5 heteroatoms. The van der Waals surface area contributed by atoms with E-state index in [4.69, 9.17) is 0 Å². The Morgan fingerprint density at radius 3 is 2.85 bits per heavy atom. The van der Waals surface area contributed by atoms with E-state index in [1.54, 1.807) is 0 Å². The van der Waals surface area contributed by atoms with Gasteiger partial charge >= 0.3 is 0 Å². The summed E-state index contributed by atoms with van der Waals surface area (Å²) in [5.41, 5.74) is 2.41. The average Bonchev–Trinajstić information content (AvgIpc) is 2.74. The van der Waals surface area contributed by atoms with Crippen molar-refractivity contribution < 1.29 is 0 Å². The zero-order valence-corrected chi connectivity index (χ0v) is 14.7. The Balaban J connectivity index is 2.18. The normalized spacial score (nSPS) is 22.1. The summed E-state index contributed by atoms with van der Waals surface area (Å²) in [6.07, 6.45) is 1.23. The number of aromatic nitrogens is 2. The number of rotatable bonds is 5. The van der Waals surface area contributed by atoms with Gasteiger partial charge < -0.3 is 5.32 Å². The van der Waals surface area contributed by atoms with Crippen molar-refractivity contribution in [2.24, 2.45) is 5.92 Å². The highest BCUT2D eigenvalue weighted by atomic mass is 79.9. The fourth-order valence-corrected chi connectivity index (χ4v) is 3.42. The number of halogens is 1. The Kier molecular flexibility index (Phi) is 5.64. The molecular formula is C15H27BrN4. The van der Waals surface area contributed by atoms with Gasteiger partial charge in [-0.25, -0.2) is 0 Å². The summed E-state index contributed by atoms with van der Waals surface area (Å²) in [5.74, 6) is 0.723. The smallest absolute Gasteiger partial charge is 0.0739 e. The quantitative estimate of drug-likeness (QED) is 0.893. The van der Waals surface area contributed by atoms with Gasteiger partial charge in [-0.05, 0) is 35.7 Å². The molecule has 1 N–H and O–H groups in total. The van der Waals surface area contributed by atoms with Crippen molar-refractivity contribution in [1.29, 1.82) is 0 Å². The highest BCUT2D eigenvalue weighted by Crippen LogP contribution is 2.25. The number of aryl methyl sites for hydroxylation is 2. The second-order valence-electron chi connectivity index (χ2n) is 5.79. The van der Waals surface area contributed by atoms with E-state index in [9.17, 15) is 0 Å². The minimum atomic E-state index is 0.626. The molecule has 2 rings (SSSR count). The molecule has 0 bridgehead atoms. The van der Waals surface area contributed by atoms with Gasteiger partial charge in [0.05, 0.1) is 15.9 Å². The van der Waals surface area contributed by atoms with E-state index in [1.807, 2.05) is 0 Å². The lowest BCUT2D eigenvalue weighted by Crippen LogP contribution is -2.53. The van der Waals surface area contributed by atoms with E-state index in [-0.39, 0.29) is 0 Å². The first-order chi connectivity index (χ1) is 9.58. The lowest BCUT2D eigenvalue weighted by Gasteiger charge is -2.39. The maximum absolute atomic E-state index is 4.61. The van der Waals surface area contributed by atoms with Crippen LogP contribution in [0.15, 0.2) is 4.47 Å². The van der Waals surface area contributed by atoms with Crippen LogP contribution in [0.1, 0.15) is 38.6 Å². The number of nitrogens with zero attached hydrogens (tertiary/aromatic N) is 3. The molecule has 0 aromatic carbocycles. The molecule has 1 aliphatic heterocycles. The SMILES string of the molecule is CCC(C)C1CNCCN1Cc1c(Br)c(C)nn1CC. The van der Waals surface area contributed by atoms with E-state index in [1.165, 1.54) is 16.6 Å². The summed E-state index contributed by atoms with van der Waals surface area (Å²) in [7, 11) is 0. The predicted octanol–water partition coefficient (Wildman–Crippen LogP) is 2.79. The largest absolute Gasteiger partial charge is 0.314 e. The van der Waals surface area contributed by atoms with Gasteiger partial charge in [0.25, 0.3) is 0 Å². The molecule has 4 nitrogen and oxygen atoms in total. The Bertz CT molecular complexity index is 443. The number of hydrogen-bond acceptors (Lipinski definition) is 3. The van der Waals surface area contributed by atoms with Crippen LogP contribution in [0, 0.1) is 12.8 Å². The number of nitrogens with one attached hydrogen (secondary N) is 1. The summed E-state index contributed by atoms with van der Waals surface area (Å²) >= 11 is 3.72. The minimum Gasteiger partial charge on any atom is -0.314 e. The van der Waals surface area contributed by atoms with Crippen LogP contribution < -0.4 is 5.32 Å². The molecule has 2 heterocycles. The maximum Gasteiger partial charge on any atom is 0.0739 e. The lowest BCUT2D eigenvalue weighted by molar-refractivity contribution is 0.106. The Morgan fingerprint density at radius 2 is 2.20 bits per heavy atom. The molecule has 0 radical (unpaired) electrons. The van der Waals surface area contributed by atoms with Gasteiger partial charge in [0.1, 0.15) is 0 Å². The van der Waals surface area contributed by atoms with E-state index < -0.39 is 0 Å². The molecule has 20 heavy (non-hydrogen) atoms. The zero-order valence-electron chi connectivity index (χ0n) is 13.1. The first kappa shape index (κ1) is 16.0. The van der Waals surface area contributed by atoms with Crippen molar-refractivity contribution in [3.8, 4) is 0 Å². The Labute approximate surface area is 131 Å². The molecule has 1 aromatic rings. The monoisotopic (exact) mass is 342 g/mol. The first-order valence-corrected chi connectivity index (χ1v) is 8.54. The molecule has 0 aliphatic carbocycles. The van der Waals surface area contributed by atoms with Crippen molar-refractivity contribution >= 4 is 15.9 Å². The molecule has 0 amide bonds. The van der Waals surface area contributed by atoms with E-state index in [0.717, 1.165) is 44.3 Å². The van der Waals surface area contributed by atoms with Gasteiger partial charge in [-0.1, -0.05) is 20.3 Å². The van der Waals surface area contributed by atoms with Crippen LogP contribution >= 0.6 is 15.9 Å². The van der Waals surface area contributed by atoms with Gasteiger partial charge in [0.15, 0.2) is 0 Å². The third kappa shape index (κ3) is 3.26. The van der Waals surface area contributed by atoms with E-state index in [2.05, 4.69) is 63.6 Å². The van der Waals surface area contributed by atoms with Crippen LogP contribution in [0.3, 0.4) is 0 Å². The van der Waals surface area contributed by atoms with Crippen LogP contribution in [0.5, 0.6) is 0 Å². The van der Waals surface area contributed by atoms with Crippen LogP contribution in [0.4, 0.5) is 0 Å². The lowest BCUT2D eigenvalue weighted by atomic mass is 9.96. The van der Waals surface area contributed by atoms with Crippen LogP contribution in [0.25, 0.3) is 0 Å². The van der Waals surface area contributed by atoms with Crippen LogP contribution in [0.2, 0.25) is 0 Å². The zero-order chi connectivity index (χ0) is 14.7. The van der Waals surface area contributed by atoms with E-state index >= 15 is 0 Å². The molecule has 0 spiro atoms. The van der Waals surface area contributed by atoms with Gasteiger partial charge in [0, 0.05) is 38.8 Å². The molecule has 1 aliphatic rings. The molecule has 2 atom stereocenters. The van der Waals surface area contributed by atoms with Gasteiger partial charge in [0.2, 0.25) is 0 Å². The van der Waals surface area contributed by atoms with Crippen molar-refractivity contribution in [3.63, 3.8) is 0 Å². The Morgan fingerprint density at radius 1 is 1.45 bits per heavy atom. The Hall–Kier alpha value is -0.390. The molecule has 0 saturated carbocycles. The summed E-state index contributed by atoms with van der Waals surface area (Å²) < 4.78 is 3.32. The van der Waals surface area contributed by atoms with Crippen molar-refractivity contribution in [2.75, 3.05) is 19.6 Å². The minimum absolute atomic E-state index is 0.626. The predicted molar refractivity (Wildman–Crippen MR) is 86.9 cm³/mol. The highest BCUT2D eigenvalue weighted by molar-refractivity contribution is 9.10. The summed E-state index contributed by atoms with van der Waals surface area (Å²) in [5, 5.41) is 8.15. The topological polar surface area (TPSA) is 33.1 Å². The van der Waals surface area contributed by atoms with Crippen LogP contribution in [-0.2, 0) is 13.1 Å². The first-order valence-electron chi connectivity index (χ1n) is 7.75. The molecule has 1 fully saturated rings. The third-order valence-corrected chi connectivity index (χ3v) is 5.54. The standard InChI is InChI=1S/C15H27BrN4/c1-5-11(3)13-9-17-7-8-19(13)10-14-15(16)12(4)18-20(14)6-2/h11,13,17H,5-10H2,1-4H3. The molecule has 1 saturated heterocycles. The number of piperazine rings is 1. The molecule has 2 unspecified atom stereocenters. The fourth-order valence-electron chi connectivity index (χ4n) is 3.01. The van der Waals surface area contributed by atoms with Crippen molar-refractivity contribution in [1.82, 2.24) is 20.0 Å². The molecule has 114 valence electrons. The maximum atomic E-state index is 4.61. The average molecular weight is 343 g/mol. The highest BCUT2D eigenvalue weighted by Gasteiger charge is 2.28. The van der Waals surface area contributed by atoms with Crippen LogP contribution in [-0.4, -0.2) is 40.4 Å². The van der Waals surface area contributed by atoms with Gasteiger partial charge in [-0.15, -0.1) is 0 Å². The van der Waals surface area contributed by atoms with Gasteiger partial charge in [-0.3, -0.25) is 9.58 Å². The summed E-state index contributed by atoms with van der Waals surface area (Å²) in [6, 6.07) is 0.626. The second-order valence-corrected chi connectivity index (χ2v) is 6.58. The summed E-state index contributed by atoms with van der Waals surface area (Å²) in [6.45, 7) is 14.1. The van der Waals surface area contributed by atoms with E-state index in [0.29, 0.717) is 6.04 Å². The van der Waals surface area contributed by atoms with Crippen molar-refractivity contribution in [3.05, 3.63) is 15.9 Å². The third-order valence-electron chi connectivity index (χ3n) is 4.50. The fraction of sp³-hybridized carbons (Fsp3) is 0.800. The number of hydrogen-bond donors (Lipinski definition) is 1. The second kappa shape index (κ2) is 7.05. The molecule has 1 aromatic heterocycles. The van der Waals surface area contributed by atoms with Crippen molar-refractivity contribution in [2.45, 2.75) is 53.2 Å². The molecular weight excluding hydrogens is 316 g/mol. The van der Waals surface area contributed by atoms with Gasteiger partial charge in [-0.2, -0.15) is 5.10 Å².